The second-order valence-electron chi connectivity index (χ2n) is 4.53. The highest BCUT2D eigenvalue weighted by Crippen LogP contribution is 2.18. The van der Waals surface area contributed by atoms with Crippen LogP contribution in [0.4, 0.5) is 0 Å². The minimum Gasteiger partial charge on any atom is -0.338 e. The summed E-state index contributed by atoms with van der Waals surface area (Å²) in [6.45, 7) is 1.93. The highest BCUT2D eigenvalue weighted by atomic mass is 16.5. The van der Waals surface area contributed by atoms with Gasteiger partial charge in [0.15, 0.2) is 0 Å². The fraction of sp³-hybridized carbons (Fsp3) is 0.118. The Hall–Kier alpha value is -2.93. The Bertz CT molecular complexity index is 770. The molecule has 0 saturated heterocycles. The minimum atomic E-state index is -0.142. The van der Waals surface area contributed by atoms with Crippen molar-refractivity contribution in [1.29, 1.82) is 0 Å². The molecule has 2 aromatic heterocycles. The van der Waals surface area contributed by atoms with Gasteiger partial charge < -0.3 is 4.52 Å². The van der Waals surface area contributed by atoms with Crippen molar-refractivity contribution in [2.45, 2.75) is 12.8 Å². The van der Waals surface area contributed by atoms with E-state index in [1.807, 2.05) is 55.5 Å². The van der Waals surface area contributed by atoms with E-state index in [9.17, 15) is 0 Å². The van der Waals surface area contributed by atoms with Crippen LogP contribution in [0.2, 0.25) is 0 Å². The van der Waals surface area contributed by atoms with Crippen molar-refractivity contribution in [3.8, 4) is 23.2 Å². The third-order valence-electron chi connectivity index (χ3n) is 2.93. The van der Waals surface area contributed by atoms with Crippen molar-refractivity contribution in [2.24, 2.45) is 0 Å². The van der Waals surface area contributed by atoms with Crippen LogP contribution in [0.15, 0.2) is 59.3 Å². The Morgan fingerprint density at radius 1 is 1.05 bits per heavy atom. The molecular weight excluding hydrogens is 262 g/mol. The van der Waals surface area contributed by atoms with Crippen LogP contribution in [-0.2, 0) is 0 Å². The van der Waals surface area contributed by atoms with Crippen LogP contribution >= 0.6 is 0 Å². The van der Waals surface area contributed by atoms with Gasteiger partial charge in [0.2, 0.25) is 11.7 Å². The molecule has 1 atom stereocenters. The fourth-order valence-electron chi connectivity index (χ4n) is 1.80. The van der Waals surface area contributed by atoms with E-state index in [1.54, 1.807) is 6.20 Å². The first-order chi connectivity index (χ1) is 10.3. The number of hydrogen-bond acceptors (Lipinski definition) is 4. The molecule has 0 saturated carbocycles. The van der Waals surface area contributed by atoms with Crippen LogP contribution < -0.4 is 0 Å². The zero-order valence-corrected chi connectivity index (χ0v) is 11.5. The van der Waals surface area contributed by atoms with Crippen molar-refractivity contribution in [1.82, 2.24) is 15.1 Å². The van der Waals surface area contributed by atoms with Gasteiger partial charge in [-0.2, -0.15) is 4.98 Å². The third-order valence-corrected chi connectivity index (χ3v) is 2.93. The Morgan fingerprint density at radius 3 is 2.62 bits per heavy atom. The van der Waals surface area contributed by atoms with Gasteiger partial charge in [-0.3, -0.25) is 0 Å². The monoisotopic (exact) mass is 275 g/mol. The minimum absolute atomic E-state index is 0.142. The number of pyridine rings is 1. The SMILES string of the molecule is CC(C#Cc1ccccn1)c1nc(-c2ccccc2)no1. The van der Waals surface area contributed by atoms with E-state index in [2.05, 4.69) is 27.0 Å². The Labute approximate surface area is 122 Å². The number of nitrogens with zero attached hydrogens (tertiary/aromatic N) is 3. The quantitative estimate of drug-likeness (QED) is 0.673. The summed E-state index contributed by atoms with van der Waals surface area (Å²) >= 11 is 0. The molecule has 102 valence electrons. The average Bonchev–Trinajstić information content (AvgIpc) is 3.04. The molecule has 3 rings (SSSR count). The van der Waals surface area contributed by atoms with Crippen LogP contribution in [0.5, 0.6) is 0 Å². The smallest absolute Gasteiger partial charge is 0.241 e. The molecule has 0 amide bonds. The van der Waals surface area contributed by atoms with Gasteiger partial charge in [0.25, 0.3) is 0 Å². The molecule has 0 radical (unpaired) electrons. The van der Waals surface area contributed by atoms with Crippen LogP contribution in [-0.4, -0.2) is 15.1 Å². The number of hydrogen-bond donors (Lipinski definition) is 0. The number of benzene rings is 1. The summed E-state index contributed by atoms with van der Waals surface area (Å²) < 4.78 is 5.29. The first kappa shape index (κ1) is 13.1. The molecule has 0 spiro atoms. The van der Waals surface area contributed by atoms with Gasteiger partial charge in [0.05, 0.1) is 5.92 Å². The Balaban J connectivity index is 1.79. The van der Waals surface area contributed by atoms with Crippen LogP contribution in [0, 0.1) is 11.8 Å². The van der Waals surface area contributed by atoms with Crippen molar-refractivity contribution in [3.63, 3.8) is 0 Å². The fourth-order valence-corrected chi connectivity index (χ4v) is 1.80. The topological polar surface area (TPSA) is 51.8 Å². The molecule has 3 aromatic rings. The summed E-state index contributed by atoms with van der Waals surface area (Å²) in [5, 5.41) is 3.99. The maximum absolute atomic E-state index is 5.29. The van der Waals surface area contributed by atoms with Crippen LogP contribution in [0.1, 0.15) is 24.4 Å². The molecule has 21 heavy (non-hydrogen) atoms. The van der Waals surface area contributed by atoms with Gasteiger partial charge in [0, 0.05) is 11.8 Å². The Kier molecular flexibility index (Phi) is 3.74. The summed E-state index contributed by atoms with van der Waals surface area (Å²) in [6.07, 6.45) is 1.72. The summed E-state index contributed by atoms with van der Waals surface area (Å²) in [5.41, 5.74) is 1.66. The van der Waals surface area contributed by atoms with Gasteiger partial charge in [-0.15, -0.1) is 0 Å². The highest BCUT2D eigenvalue weighted by molar-refractivity contribution is 5.53. The zero-order valence-electron chi connectivity index (χ0n) is 11.5. The first-order valence-electron chi connectivity index (χ1n) is 6.64. The van der Waals surface area contributed by atoms with Gasteiger partial charge in [-0.25, -0.2) is 4.98 Å². The van der Waals surface area contributed by atoms with E-state index in [1.165, 1.54) is 0 Å². The standard InChI is InChI=1S/C17H13N3O/c1-13(10-11-15-9-5-6-12-18-15)17-19-16(20-21-17)14-7-3-2-4-8-14/h2-9,12-13H,1H3. The normalized spacial score (nSPS) is 11.5. The predicted molar refractivity (Wildman–Crippen MR) is 79.3 cm³/mol. The van der Waals surface area contributed by atoms with Gasteiger partial charge >= 0.3 is 0 Å². The van der Waals surface area contributed by atoms with E-state index in [4.69, 9.17) is 4.52 Å². The Morgan fingerprint density at radius 2 is 1.86 bits per heavy atom. The predicted octanol–water partition coefficient (Wildman–Crippen LogP) is 3.29. The van der Waals surface area contributed by atoms with E-state index in [-0.39, 0.29) is 5.92 Å². The average molecular weight is 275 g/mol. The van der Waals surface area contributed by atoms with E-state index < -0.39 is 0 Å². The second-order valence-corrected chi connectivity index (χ2v) is 4.53. The third kappa shape index (κ3) is 3.15. The molecule has 1 unspecified atom stereocenters. The first-order valence-corrected chi connectivity index (χ1v) is 6.64. The van der Waals surface area contributed by atoms with Gasteiger partial charge in [-0.05, 0) is 25.0 Å². The molecule has 0 N–H and O–H groups in total. The lowest BCUT2D eigenvalue weighted by molar-refractivity contribution is 0.375. The lowest BCUT2D eigenvalue weighted by Gasteiger charge is -1.94. The zero-order chi connectivity index (χ0) is 14.5. The van der Waals surface area contributed by atoms with E-state index in [0.29, 0.717) is 11.7 Å². The van der Waals surface area contributed by atoms with Crippen molar-refractivity contribution in [3.05, 3.63) is 66.3 Å². The number of aromatic nitrogens is 3. The van der Waals surface area contributed by atoms with Gasteiger partial charge in [-0.1, -0.05) is 47.5 Å². The largest absolute Gasteiger partial charge is 0.338 e. The molecule has 4 nitrogen and oxygen atoms in total. The van der Waals surface area contributed by atoms with E-state index >= 15 is 0 Å². The molecule has 4 heteroatoms. The van der Waals surface area contributed by atoms with Crippen LogP contribution in [0.3, 0.4) is 0 Å². The maximum Gasteiger partial charge on any atom is 0.241 e. The molecule has 0 aliphatic carbocycles. The lowest BCUT2D eigenvalue weighted by atomic mass is 10.2. The molecule has 0 aliphatic heterocycles. The highest BCUT2D eigenvalue weighted by Gasteiger charge is 2.12. The molecule has 0 aliphatic rings. The second kappa shape index (κ2) is 6.02. The van der Waals surface area contributed by atoms with Crippen molar-refractivity contribution >= 4 is 0 Å². The lowest BCUT2D eigenvalue weighted by Crippen LogP contribution is -1.90. The van der Waals surface area contributed by atoms with Crippen molar-refractivity contribution < 1.29 is 4.52 Å². The maximum atomic E-state index is 5.29. The molecule has 0 bridgehead atoms. The van der Waals surface area contributed by atoms with Gasteiger partial charge in [0.1, 0.15) is 5.69 Å². The summed E-state index contributed by atoms with van der Waals surface area (Å²) in [6, 6.07) is 15.3. The van der Waals surface area contributed by atoms with Crippen LogP contribution in [0.25, 0.3) is 11.4 Å². The summed E-state index contributed by atoms with van der Waals surface area (Å²) in [5.74, 6) is 7.02. The van der Waals surface area contributed by atoms with Crippen molar-refractivity contribution in [2.75, 3.05) is 0 Å². The van der Waals surface area contributed by atoms with E-state index in [0.717, 1.165) is 11.3 Å². The molecular formula is C17H13N3O. The summed E-state index contributed by atoms with van der Waals surface area (Å²) in [4.78, 5) is 8.55. The molecule has 1 aromatic carbocycles. The molecule has 0 fully saturated rings. The molecule has 2 heterocycles. The summed E-state index contributed by atoms with van der Waals surface area (Å²) in [7, 11) is 0. The number of rotatable bonds is 2.